The molecule has 7 heteroatoms. The lowest BCUT2D eigenvalue weighted by Crippen LogP contribution is -2.39. The highest BCUT2D eigenvalue weighted by Gasteiger charge is 2.53. The Morgan fingerprint density at radius 1 is 1.08 bits per heavy atom. The second kappa shape index (κ2) is 11.6. The van der Waals surface area contributed by atoms with Crippen LogP contribution >= 0.6 is 11.3 Å². The highest BCUT2D eigenvalue weighted by atomic mass is 32.1. The van der Waals surface area contributed by atoms with E-state index in [-0.39, 0.29) is 18.0 Å². The lowest BCUT2D eigenvalue weighted by atomic mass is 9.59. The van der Waals surface area contributed by atoms with Crippen LogP contribution in [-0.4, -0.2) is 28.1 Å². The van der Waals surface area contributed by atoms with Gasteiger partial charge in [0.05, 0.1) is 0 Å². The molecule has 210 valence electrons. The maximum atomic E-state index is 13.0. The Morgan fingerprint density at radius 2 is 1.92 bits per heavy atom. The standard InChI is InChI=1S/C32H42N2O4S/c1-19-18-33-32(39-19)34-29(36)14-8-22-17-28(38-30(37)15-6-20-4-2-3-5-20)27-13-12-25-24-11-9-23(35)16-21(24)7-10-26(25)31(22)27/h9,11,16,18,20,22,25-28,31,35H,2-8,10,12-15,17H2,1H3,(H,33,34,36)/t22-,25?,26?,27-,28+,31?/m1/s1. The highest BCUT2D eigenvalue weighted by Crippen LogP contribution is 2.58. The summed E-state index contributed by atoms with van der Waals surface area (Å²) in [5.74, 6) is 3.30. The molecule has 3 unspecified atom stereocenters. The van der Waals surface area contributed by atoms with Gasteiger partial charge >= 0.3 is 5.97 Å². The van der Waals surface area contributed by atoms with E-state index < -0.39 is 0 Å². The molecule has 0 bridgehead atoms. The summed E-state index contributed by atoms with van der Waals surface area (Å²) >= 11 is 1.50. The molecular weight excluding hydrogens is 508 g/mol. The molecule has 2 N–H and O–H groups in total. The minimum atomic E-state index is -0.0251. The number of carbonyl (C=O) groups is 2. The third-order valence-corrected chi connectivity index (χ3v) is 11.1. The van der Waals surface area contributed by atoms with Gasteiger partial charge in [0, 0.05) is 23.9 Å². The molecular formula is C32H42N2O4S. The maximum Gasteiger partial charge on any atom is 0.306 e. The van der Waals surface area contributed by atoms with Gasteiger partial charge < -0.3 is 15.2 Å². The van der Waals surface area contributed by atoms with Crippen LogP contribution in [0.25, 0.3) is 0 Å². The Labute approximate surface area is 235 Å². The number of anilines is 1. The van der Waals surface area contributed by atoms with E-state index in [4.69, 9.17) is 4.74 Å². The quantitative estimate of drug-likeness (QED) is 0.341. The first kappa shape index (κ1) is 26.8. The summed E-state index contributed by atoms with van der Waals surface area (Å²) in [6.07, 6.45) is 14.8. The SMILES string of the molecule is Cc1cnc(NC(=O)CC[C@@H]2C[C@H](OC(=O)CCC3CCCC3)[C@H]3CCC4c5ccc(O)cc5CCC4C23)s1. The zero-order valence-corrected chi connectivity index (χ0v) is 23.9. The Morgan fingerprint density at radius 3 is 2.72 bits per heavy atom. The summed E-state index contributed by atoms with van der Waals surface area (Å²) in [6.45, 7) is 1.99. The Balaban J connectivity index is 1.15. The second-order valence-electron chi connectivity index (χ2n) is 12.6. The van der Waals surface area contributed by atoms with Crippen LogP contribution in [0.5, 0.6) is 5.75 Å². The molecule has 0 aliphatic heterocycles. The van der Waals surface area contributed by atoms with Crippen LogP contribution in [-0.2, 0) is 20.7 Å². The average molecular weight is 551 g/mol. The molecule has 1 amide bonds. The fourth-order valence-electron chi connectivity index (χ4n) is 8.61. The number of rotatable bonds is 8. The average Bonchev–Trinajstić information content (AvgIpc) is 3.67. The third-order valence-electron chi connectivity index (χ3n) is 10.3. The molecule has 2 aromatic rings. The topological polar surface area (TPSA) is 88.5 Å². The molecule has 1 heterocycles. The van der Waals surface area contributed by atoms with E-state index in [0.717, 1.165) is 49.8 Å². The first-order valence-electron chi connectivity index (χ1n) is 15.2. The molecule has 39 heavy (non-hydrogen) atoms. The van der Waals surface area contributed by atoms with Crippen molar-refractivity contribution < 1.29 is 19.4 Å². The summed E-state index contributed by atoms with van der Waals surface area (Å²) in [7, 11) is 0. The molecule has 3 saturated carbocycles. The van der Waals surface area contributed by atoms with E-state index in [1.165, 1.54) is 48.1 Å². The molecule has 0 saturated heterocycles. The fraction of sp³-hybridized carbons (Fsp3) is 0.656. The Bertz CT molecular complexity index is 1190. The van der Waals surface area contributed by atoms with Crippen molar-refractivity contribution in [2.75, 3.05) is 5.32 Å². The monoisotopic (exact) mass is 550 g/mol. The van der Waals surface area contributed by atoms with Gasteiger partial charge in [-0.15, -0.1) is 11.3 Å². The summed E-state index contributed by atoms with van der Waals surface area (Å²) in [5.41, 5.74) is 2.69. The van der Waals surface area contributed by atoms with Gasteiger partial charge in [0.15, 0.2) is 5.13 Å². The number of nitrogens with one attached hydrogen (secondary N) is 1. The van der Waals surface area contributed by atoms with Gasteiger partial charge in [0.25, 0.3) is 0 Å². The van der Waals surface area contributed by atoms with Gasteiger partial charge in [-0.3, -0.25) is 9.59 Å². The lowest BCUT2D eigenvalue weighted by molar-refractivity contribution is -0.152. The fourth-order valence-corrected chi connectivity index (χ4v) is 9.29. The summed E-state index contributed by atoms with van der Waals surface area (Å²) < 4.78 is 6.26. The zero-order valence-electron chi connectivity index (χ0n) is 23.1. The van der Waals surface area contributed by atoms with Crippen molar-refractivity contribution in [3.63, 3.8) is 0 Å². The summed E-state index contributed by atoms with van der Waals surface area (Å²) in [6, 6.07) is 5.91. The Kier molecular flexibility index (Phi) is 7.97. The number of carbonyl (C=O) groups excluding carboxylic acids is 2. The molecule has 1 aromatic heterocycles. The van der Waals surface area contributed by atoms with Crippen molar-refractivity contribution in [1.29, 1.82) is 0 Å². The van der Waals surface area contributed by atoms with Crippen LogP contribution in [0.4, 0.5) is 5.13 Å². The van der Waals surface area contributed by atoms with Gasteiger partial charge in [-0.05, 0) is 111 Å². The Hall–Kier alpha value is -2.41. The maximum absolute atomic E-state index is 13.0. The number of phenols is 1. The van der Waals surface area contributed by atoms with E-state index >= 15 is 0 Å². The largest absolute Gasteiger partial charge is 0.508 e. The molecule has 6 rings (SSSR count). The number of hydrogen-bond acceptors (Lipinski definition) is 6. The first-order chi connectivity index (χ1) is 18.9. The molecule has 0 radical (unpaired) electrons. The van der Waals surface area contributed by atoms with Crippen LogP contribution < -0.4 is 5.32 Å². The van der Waals surface area contributed by atoms with Crippen LogP contribution in [0.1, 0.15) is 99.0 Å². The van der Waals surface area contributed by atoms with Crippen molar-refractivity contribution in [3.05, 3.63) is 40.4 Å². The minimum Gasteiger partial charge on any atom is -0.508 e. The van der Waals surface area contributed by atoms with Crippen LogP contribution in [0.3, 0.4) is 0 Å². The lowest BCUT2D eigenvalue weighted by Gasteiger charge is -2.46. The number of ether oxygens (including phenoxy) is 1. The van der Waals surface area contributed by atoms with Gasteiger partial charge in [0.2, 0.25) is 5.91 Å². The van der Waals surface area contributed by atoms with Crippen molar-refractivity contribution in [1.82, 2.24) is 4.98 Å². The van der Waals surface area contributed by atoms with E-state index in [1.54, 1.807) is 6.20 Å². The third kappa shape index (κ3) is 5.89. The molecule has 4 aliphatic carbocycles. The number of aryl methyl sites for hydroxylation is 2. The highest BCUT2D eigenvalue weighted by molar-refractivity contribution is 7.15. The molecule has 4 aliphatic rings. The molecule has 6 nitrogen and oxygen atoms in total. The number of amides is 1. The number of hydrogen-bond donors (Lipinski definition) is 2. The first-order valence-corrected chi connectivity index (χ1v) is 16.0. The zero-order chi connectivity index (χ0) is 26.9. The van der Waals surface area contributed by atoms with Gasteiger partial charge in [0.1, 0.15) is 11.9 Å². The smallest absolute Gasteiger partial charge is 0.306 e. The van der Waals surface area contributed by atoms with Crippen LogP contribution in [0.15, 0.2) is 24.4 Å². The number of phenolic OH excluding ortho intramolecular Hbond substituents is 1. The van der Waals surface area contributed by atoms with Crippen LogP contribution in [0, 0.1) is 36.5 Å². The van der Waals surface area contributed by atoms with Gasteiger partial charge in [-0.1, -0.05) is 31.7 Å². The van der Waals surface area contributed by atoms with Gasteiger partial charge in [-0.25, -0.2) is 4.98 Å². The van der Waals surface area contributed by atoms with Crippen LogP contribution in [0.2, 0.25) is 0 Å². The molecule has 1 aromatic carbocycles. The number of esters is 1. The predicted octanol–water partition coefficient (Wildman–Crippen LogP) is 7.15. The van der Waals surface area contributed by atoms with E-state index in [9.17, 15) is 14.7 Å². The molecule has 0 spiro atoms. The van der Waals surface area contributed by atoms with Crippen molar-refractivity contribution in [2.24, 2.45) is 29.6 Å². The number of aromatic hydroxyl groups is 1. The van der Waals surface area contributed by atoms with Crippen molar-refractivity contribution >= 4 is 28.3 Å². The number of thiazole rings is 1. The van der Waals surface area contributed by atoms with Gasteiger partial charge in [-0.2, -0.15) is 0 Å². The number of fused-ring (bicyclic) bond motifs is 5. The summed E-state index contributed by atoms with van der Waals surface area (Å²) in [4.78, 5) is 31.2. The second-order valence-corrected chi connectivity index (χ2v) is 13.8. The van der Waals surface area contributed by atoms with E-state index in [1.807, 2.05) is 19.1 Å². The minimum absolute atomic E-state index is 0.0187. The number of nitrogens with zero attached hydrogens (tertiary/aromatic N) is 1. The number of aromatic nitrogens is 1. The van der Waals surface area contributed by atoms with E-state index in [0.29, 0.717) is 59.2 Å². The van der Waals surface area contributed by atoms with Crippen molar-refractivity contribution in [2.45, 2.75) is 102 Å². The normalized spacial score (nSPS) is 29.9. The molecule has 6 atom stereocenters. The molecule has 3 fully saturated rings. The predicted molar refractivity (Wildman–Crippen MR) is 153 cm³/mol. The summed E-state index contributed by atoms with van der Waals surface area (Å²) in [5, 5.41) is 13.7. The van der Waals surface area contributed by atoms with Crippen molar-refractivity contribution in [3.8, 4) is 5.75 Å². The van der Waals surface area contributed by atoms with E-state index in [2.05, 4.69) is 16.4 Å². The number of benzene rings is 1.